The monoisotopic (exact) mass is 328 g/mol. The Kier molecular flexibility index (Phi) is 5.02. The van der Waals surface area contributed by atoms with Crippen molar-refractivity contribution in [2.24, 2.45) is 0 Å². The lowest BCUT2D eigenvalue weighted by molar-refractivity contribution is 0.251. The van der Waals surface area contributed by atoms with Gasteiger partial charge in [0.05, 0.1) is 11.2 Å². The zero-order chi connectivity index (χ0) is 18.0. The fourth-order valence-corrected chi connectivity index (χ4v) is 2.29. The maximum Gasteiger partial charge on any atom is 0.320 e. The van der Waals surface area contributed by atoms with E-state index in [4.69, 9.17) is 5.10 Å². The Bertz CT molecular complexity index is 690. The fraction of sp³-hybridized carbons (Fsp3) is 0.474. The van der Waals surface area contributed by atoms with Crippen molar-refractivity contribution >= 4 is 11.8 Å². The van der Waals surface area contributed by atoms with Gasteiger partial charge in [-0.1, -0.05) is 51.1 Å². The van der Waals surface area contributed by atoms with Gasteiger partial charge in [0.1, 0.15) is 5.82 Å². The van der Waals surface area contributed by atoms with Gasteiger partial charge in [0.15, 0.2) is 0 Å². The minimum Gasteiger partial charge on any atom is -0.334 e. The summed E-state index contributed by atoms with van der Waals surface area (Å²) in [5.41, 5.74) is 1.72. The average Bonchev–Trinajstić information content (AvgIpc) is 2.90. The molecule has 0 aliphatic carbocycles. The summed E-state index contributed by atoms with van der Waals surface area (Å²) in [6.45, 7) is 13.0. The highest BCUT2D eigenvalue weighted by Gasteiger charge is 2.25. The largest absolute Gasteiger partial charge is 0.334 e. The number of aromatic nitrogens is 2. The summed E-state index contributed by atoms with van der Waals surface area (Å²) in [6, 6.07) is 11.6. The first kappa shape index (κ1) is 18.0. The Hall–Kier alpha value is -2.30. The van der Waals surface area contributed by atoms with Crippen LogP contribution in [0.2, 0.25) is 0 Å². The van der Waals surface area contributed by atoms with Gasteiger partial charge < -0.3 is 5.32 Å². The quantitative estimate of drug-likeness (QED) is 0.884. The van der Waals surface area contributed by atoms with Crippen molar-refractivity contribution in [3.8, 4) is 0 Å². The number of urea groups is 1. The van der Waals surface area contributed by atoms with Gasteiger partial charge in [0, 0.05) is 18.0 Å². The van der Waals surface area contributed by atoms with Crippen LogP contribution in [0.15, 0.2) is 36.4 Å². The maximum absolute atomic E-state index is 12.3. The van der Waals surface area contributed by atoms with Crippen LogP contribution in [0, 0.1) is 0 Å². The van der Waals surface area contributed by atoms with Crippen molar-refractivity contribution in [3.05, 3.63) is 47.7 Å². The van der Waals surface area contributed by atoms with Gasteiger partial charge in [-0.3, -0.25) is 5.32 Å². The number of hydrogen-bond donors (Lipinski definition) is 2. The highest BCUT2D eigenvalue weighted by atomic mass is 16.2. The highest BCUT2D eigenvalue weighted by Crippen LogP contribution is 2.28. The normalized spacial score (nSPS) is 12.1. The second-order valence-electron chi connectivity index (χ2n) is 8.04. The molecule has 2 rings (SSSR count). The predicted molar refractivity (Wildman–Crippen MR) is 98.2 cm³/mol. The summed E-state index contributed by atoms with van der Waals surface area (Å²) >= 11 is 0. The molecule has 5 heteroatoms. The lowest BCUT2D eigenvalue weighted by atomic mass is 9.92. The van der Waals surface area contributed by atoms with E-state index in [-0.39, 0.29) is 17.0 Å². The number of nitrogens with one attached hydrogen (secondary N) is 2. The third kappa shape index (κ3) is 4.60. The zero-order valence-corrected chi connectivity index (χ0v) is 15.5. The van der Waals surface area contributed by atoms with Crippen LogP contribution in [0.4, 0.5) is 10.6 Å². The molecule has 130 valence electrons. The van der Waals surface area contributed by atoms with E-state index in [0.717, 1.165) is 11.3 Å². The highest BCUT2D eigenvalue weighted by molar-refractivity contribution is 5.88. The molecule has 1 aromatic carbocycles. The summed E-state index contributed by atoms with van der Waals surface area (Å²) in [6.07, 6.45) is 0. The van der Waals surface area contributed by atoms with Crippen LogP contribution in [0.5, 0.6) is 0 Å². The summed E-state index contributed by atoms with van der Waals surface area (Å²) < 4.78 is 1.87. The van der Waals surface area contributed by atoms with Crippen molar-refractivity contribution in [1.82, 2.24) is 15.1 Å². The average molecular weight is 328 g/mol. The molecule has 0 saturated carbocycles. The predicted octanol–water partition coefficient (Wildman–Crippen LogP) is 4.26. The molecule has 2 N–H and O–H groups in total. The molecule has 0 atom stereocenters. The first-order chi connectivity index (χ1) is 11.1. The molecule has 0 unspecified atom stereocenters. The Morgan fingerprint density at radius 1 is 1.08 bits per heavy atom. The lowest BCUT2D eigenvalue weighted by Gasteiger charge is -2.23. The topological polar surface area (TPSA) is 59.0 Å². The molecule has 1 heterocycles. The molecule has 1 aromatic heterocycles. The van der Waals surface area contributed by atoms with Crippen molar-refractivity contribution in [3.63, 3.8) is 0 Å². The van der Waals surface area contributed by atoms with Crippen molar-refractivity contribution in [1.29, 1.82) is 0 Å². The van der Waals surface area contributed by atoms with Gasteiger partial charge >= 0.3 is 6.03 Å². The summed E-state index contributed by atoms with van der Waals surface area (Å²) in [7, 11) is 0. The second kappa shape index (κ2) is 6.67. The lowest BCUT2D eigenvalue weighted by Crippen LogP contribution is -2.32. The Morgan fingerprint density at radius 2 is 1.71 bits per heavy atom. The van der Waals surface area contributed by atoms with Crippen LogP contribution in [-0.4, -0.2) is 15.8 Å². The number of amides is 2. The number of carbonyl (C=O) groups excluding carboxylic acids is 1. The molecule has 0 spiro atoms. The number of anilines is 1. The van der Waals surface area contributed by atoms with Gasteiger partial charge in [-0.15, -0.1) is 0 Å². The molecule has 0 bridgehead atoms. The molecule has 2 amide bonds. The van der Waals surface area contributed by atoms with Gasteiger partial charge in [-0.05, 0) is 26.3 Å². The molecular formula is C19H28N4O. The fourth-order valence-electron chi connectivity index (χ4n) is 2.29. The molecule has 0 fully saturated rings. The van der Waals surface area contributed by atoms with Gasteiger partial charge in [-0.2, -0.15) is 5.10 Å². The van der Waals surface area contributed by atoms with E-state index in [0.29, 0.717) is 12.4 Å². The minimum absolute atomic E-state index is 0.0759. The number of nitrogens with zero attached hydrogens (tertiary/aromatic N) is 2. The minimum atomic E-state index is -0.232. The Morgan fingerprint density at radius 3 is 2.25 bits per heavy atom. The summed E-state index contributed by atoms with van der Waals surface area (Å²) in [5.74, 6) is 0.706. The van der Waals surface area contributed by atoms with E-state index in [9.17, 15) is 4.79 Å². The van der Waals surface area contributed by atoms with Crippen molar-refractivity contribution in [2.75, 3.05) is 5.32 Å². The second-order valence-corrected chi connectivity index (χ2v) is 8.04. The molecule has 2 aromatic rings. The Balaban J connectivity index is 2.13. The number of hydrogen-bond acceptors (Lipinski definition) is 2. The molecule has 0 radical (unpaired) electrons. The first-order valence-electron chi connectivity index (χ1n) is 8.27. The van der Waals surface area contributed by atoms with Crippen LogP contribution in [0.25, 0.3) is 0 Å². The third-order valence-electron chi connectivity index (χ3n) is 3.65. The maximum atomic E-state index is 12.3. The summed E-state index contributed by atoms with van der Waals surface area (Å²) in [4.78, 5) is 12.3. The van der Waals surface area contributed by atoms with Crippen LogP contribution in [0.3, 0.4) is 0 Å². The smallest absolute Gasteiger partial charge is 0.320 e. The third-order valence-corrected chi connectivity index (χ3v) is 3.65. The summed E-state index contributed by atoms with van der Waals surface area (Å²) in [5, 5.41) is 10.5. The van der Waals surface area contributed by atoms with Gasteiger partial charge in [0.2, 0.25) is 0 Å². The molecule has 5 nitrogen and oxygen atoms in total. The first-order valence-corrected chi connectivity index (χ1v) is 8.27. The van der Waals surface area contributed by atoms with Crippen LogP contribution < -0.4 is 10.6 Å². The number of benzene rings is 1. The molecular weight excluding hydrogens is 300 g/mol. The van der Waals surface area contributed by atoms with E-state index >= 15 is 0 Å². The van der Waals surface area contributed by atoms with Crippen LogP contribution >= 0.6 is 0 Å². The Labute approximate surface area is 144 Å². The standard InChI is InChI=1S/C19H28N4O/c1-18(2,3)15-12-16(23(22-15)19(4,5)6)21-17(24)20-13-14-10-8-7-9-11-14/h7-12H,13H2,1-6H3,(H2,20,21,24). The molecule has 24 heavy (non-hydrogen) atoms. The van der Waals surface area contributed by atoms with E-state index < -0.39 is 0 Å². The number of rotatable bonds is 3. The number of carbonyl (C=O) groups is 1. The van der Waals surface area contributed by atoms with Crippen molar-refractivity contribution < 1.29 is 4.79 Å². The van der Waals surface area contributed by atoms with E-state index in [1.54, 1.807) is 0 Å². The molecule has 0 aliphatic heterocycles. The SMILES string of the molecule is CC(C)(C)c1cc(NC(=O)NCc2ccccc2)n(C(C)(C)C)n1. The van der Waals surface area contributed by atoms with Crippen LogP contribution in [-0.2, 0) is 17.5 Å². The van der Waals surface area contributed by atoms with Gasteiger partial charge in [0.25, 0.3) is 0 Å². The molecule has 0 saturated heterocycles. The van der Waals surface area contributed by atoms with Crippen molar-refractivity contribution in [2.45, 2.75) is 59.0 Å². The van der Waals surface area contributed by atoms with Crippen LogP contribution in [0.1, 0.15) is 52.8 Å². The van der Waals surface area contributed by atoms with E-state index in [1.807, 2.05) is 41.1 Å². The molecule has 0 aliphatic rings. The van der Waals surface area contributed by atoms with Gasteiger partial charge in [-0.25, -0.2) is 9.48 Å². The van der Waals surface area contributed by atoms with E-state index in [1.165, 1.54) is 0 Å². The zero-order valence-electron chi connectivity index (χ0n) is 15.5. The van der Waals surface area contributed by atoms with E-state index in [2.05, 4.69) is 52.2 Å².